The number of Topliss-reactive ketones (excluding diaryl/α,β-unsaturated/α-hetero) is 1. The van der Waals surface area contributed by atoms with Gasteiger partial charge in [-0.25, -0.2) is 8.78 Å². The summed E-state index contributed by atoms with van der Waals surface area (Å²) >= 11 is 0. The second-order valence-corrected chi connectivity index (χ2v) is 7.21. The van der Waals surface area contributed by atoms with Crippen molar-refractivity contribution in [1.29, 1.82) is 0 Å². The third-order valence-corrected chi connectivity index (χ3v) is 5.98. The molecule has 0 amide bonds. The Morgan fingerprint density at radius 3 is 2.27 bits per heavy atom. The van der Waals surface area contributed by atoms with Gasteiger partial charge in [0, 0.05) is 6.42 Å². The Morgan fingerprint density at radius 1 is 1.18 bits per heavy atom. The number of carbonyl (C=O) groups is 1. The van der Waals surface area contributed by atoms with E-state index in [4.69, 9.17) is 0 Å². The average Bonchev–Trinajstić information content (AvgIpc) is 3.29. The average molecular weight is 304 g/mol. The molecule has 118 valence electrons. The summed E-state index contributed by atoms with van der Waals surface area (Å²) in [6.07, 6.45) is 3.34. The van der Waals surface area contributed by atoms with E-state index >= 15 is 0 Å². The first-order valence-corrected chi connectivity index (χ1v) is 8.45. The Labute approximate surface area is 131 Å². The number of hydrogen-bond donors (Lipinski definition) is 0. The monoisotopic (exact) mass is 304 g/mol. The number of carbonyl (C=O) groups excluding carboxylic acids is 1. The van der Waals surface area contributed by atoms with Crippen molar-refractivity contribution in [2.75, 3.05) is 0 Å². The van der Waals surface area contributed by atoms with Gasteiger partial charge in [-0.2, -0.15) is 0 Å². The van der Waals surface area contributed by atoms with Gasteiger partial charge in [-0.15, -0.1) is 0 Å². The fraction of sp³-hybridized carbons (Fsp3) is 0.611. The number of hydrogen-bond acceptors (Lipinski definition) is 1. The van der Waals surface area contributed by atoms with Crippen LogP contribution in [0.25, 0.3) is 0 Å². The van der Waals surface area contributed by atoms with E-state index in [0.717, 1.165) is 5.92 Å². The second-order valence-electron chi connectivity index (χ2n) is 7.21. The van der Waals surface area contributed by atoms with E-state index < -0.39 is 11.6 Å². The van der Waals surface area contributed by atoms with Gasteiger partial charge in [-0.1, -0.05) is 25.7 Å². The van der Waals surface area contributed by atoms with Crippen molar-refractivity contribution in [3.8, 4) is 0 Å². The fourth-order valence-electron chi connectivity index (χ4n) is 4.33. The van der Waals surface area contributed by atoms with Gasteiger partial charge in [0.25, 0.3) is 0 Å². The van der Waals surface area contributed by atoms with Crippen LogP contribution in [0.1, 0.15) is 49.0 Å². The van der Waals surface area contributed by atoms with Gasteiger partial charge in [-0.3, -0.25) is 4.79 Å². The van der Waals surface area contributed by atoms with Gasteiger partial charge in [0.2, 0.25) is 0 Å². The standard InChI is InChI=1S/C18H23BF2O/c1-9-10(2)17(12-3-4-12)13(9)7-16(22)18-14(20)5-11(8-19)6-15(18)21/h5-6,9-10,12-13,17H,3-4,7-8,19H2,1-2H3/t9?,10?,13-,17?/m0/s1. The van der Waals surface area contributed by atoms with Crippen LogP contribution in [0.2, 0.25) is 0 Å². The summed E-state index contributed by atoms with van der Waals surface area (Å²) < 4.78 is 28.2. The van der Waals surface area contributed by atoms with E-state index in [2.05, 4.69) is 13.8 Å². The highest BCUT2D eigenvalue weighted by Gasteiger charge is 2.52. The number of benzene rings is 1. The van der Waals surface area contributed by atoms with Crippen LogP contribution >= 0.6 is 0 Å². The molecule has 0 aliphatic heterocycles. The Hall–Kier alpha value is -1.19. The smallest absolute Gasteiger partial charge is 0.169 e. The largest absolute Gasteiger partial charge is 0.294 e. The van der Waals surface area contributed by atoms with Gasteiger partial charge >= 0.3 is 0 Å². The van der Waals surface area contributed by atoms with E-state index in [0.29, 0.717) is 35.6 Å². The molecule has 3 rings (SSSR count). The van der Waals surface area contributed by atoms with E-state index in [1.807, 2.05) is 7.85 Å². The Morgan fingerprint density at radius 2 is 1.77 bits per heavy atom. The fourth-order valence-corrected chi connectivity index (χ4v) is 4.33. The molecule has 0 aromatic heterocycles. The molecule has 0 N–H and O–H groups in total. The molecule has 2 aliphatic rings. The van der Waals surface area contributed by atoms with E-state index in [1.165, 1.54) is 25.0 Å². The summed E-state index contributed by atoms with van der Waals surface area (Å²) in [6.45, 7) is 4.40. The predicted molar refractivity (Wildman–Crippen MR) is 85.6 cm³/mol. The zero-order chi connectivity index (χ0) is 16.0. The first-order valence-electron chi connectivity index (χ1n) is 8.45. The minimum atomic E-state index is -0.704. The Balaban J connectivity index is 1.77. The van der Waals surface area contributed by atoms with Crippen molar-refractivity contribution in [3.05, 3.63) is 34.9 Å². The minimum Gasteiger partial charge on any atom is -0.294 e. The SMILES string of the molecule is BCc1cc(F)c(C(=O)C[C@H]2C(C)C(C)C2C2CC2)c(F)c1. The molecule has 0 saturated heterocycles. The lowest BCUT2D eigenvalue weighted by Gasteiger charge is -2.50. The molecule has 2 fully saturated rings. The summed E-state index contributed by atoms with van der Waals surface area (Å²) in [4.78, 5) is 12.4. The van der Waals surface area contributed by atoms with Gasteiger partial charge in [0.05, 0.1) is 5.56 Å². The second kappa shape index (κ2) is 5.79. The number of halogens is 2. The molecule has 4 heteroatoms. The van der Waals surface area contributed by atoms with Crippen LogP contribution in [0.4, 0.5) is 8.78 Å². The molecule has 4 atom stereocenters. The Kier molecular flexibility index (Phi) is 4.13. The van der Waals surface area contributed by atoms with Gasteiger partial charge in [0.15, 0.2) is 5.78 Å². The van der Waals surface area contributed by atoms with Crippen molar-refractivity contribution in [3.63, 3.8) is 0 Å². The van der Waals surface area contributed by atoms with Crippen LogP contribution in [0.3, 0.4) is 0 Å². The maximum Gasteiger partial charge on any atom is 0.169 e. The molecular formula is C18H23BF2O. The molecule has 2 saturated carbocycles. The highest BCUT2D eigenvalue weighted by molar-refractivity contribution is 6.08. The summed E-state index contributed by atoms with van der Waals surface area (Å²) in [5.41, 5.74) is 0.256. The maximum absolute atomic E-state index is 14.1. The normalized spacial score (nSPS) is 30.9. The molecule has 0 bridgehead atoms. The topological polar surface area (TPSA) is 17.1 Å². The van der Waals surface area contributed by atoms with E-state index in [9.17, 15) is 13.6 Å². The third-order valence-electron chi connectivity index (χ3n) is 5.98. The zero-order valence-corrected chi connectivity index (χ0v) is 13.5. The number of ketones is 1. The summed E-state index contributed by atoms with van der Waals surface area (Å²) in [5, 5.41) is 0. The van der Waals surface area contributed by atoms with Gasteiger partial charge in [-0.05, 0) is 54.6 Å². The third kappa shape index (κ3) is 2.61. The van der Waals surface area contributed by atoms with Crippen molar-refractivity contribution in [1.82, 2.24) is 0 Å². The maximum atomic E-state index is 14.1. The highest BCUT2D eigenvalue weighted by Crippen LogP contribution is 2.57. The van der Waals surface area contributed by atoms with Crippen LogP contribution in [-0.2, 0) is 6.32 Å². The molecule has 2 aliphatic carbocycles. The predicted octanol–water partition coefficient (Wildman–Crippen LogP) is 3.60. The minimum absolute atomic E-state index is 0.284. The molecule has 1 aromatic rings. The first kappa shape index (κ1) is 15.7. The zero-order valence-electron chi connectivity index (χ0n) is 13.5. The van der Waals surface area contributed by atoms with Crippen molar-refractivity contribution in [2.24, 2.45) is 29.6 Å². The van der Waals surface area contributed by atoms with Crippen molar-refractivity contribution in [2.45, 2.75) is 39.4 Å². The van der Waals surface area contributed by atoms with Crippen LogP contribution < -0.4 is 0 Å². The molecule has 1 nitrogen and oxygen atoms in total. The molecule has 22 heavy (non-hydrogen) atoms. The lowest BCUT2D eigenvalue weighted by atomic mass is 9.55. The molecule has 0 spiro atoms. The molecule has 0 radical (unpaired) electrons. The highest BCUT2D eigenvalue weighted by atomic mass is 19.1. The summed E-state index contributed by atoms with van der Waals surface area (Å²) in [7, 11) is 1.84. The molecular weight excluding hydrogens is 281 g/mol. The lowest BCUT2D eigenvalue weighted by molar-refractivity contribution is -0.0155. The van der Waals surface area contributed by atoms with Gasteiger partial charge in [0.1, 0.15) is 19.5 Å². The van der Waals surface area contributed by atoms with Crippen molar-refractivity contribution >= 4 is 13.6 Å². The summed E-state index contributed by atoms with van der Waals surface area (Å²) in [6, 6.07) is 2.59. The molecule has 1 aromatic carbocycles. The summed E-state index contributed by atoms with van der Waals surface area (Å²) in [5.74, 6) is 0.917. The molecule has 0 heterocycles. The van der Waals surface area contributed by atoms with Gasteiger partial charge < -0.3 is 0 Å². The van der Waals surface area contributed by atoms with Crippen LogP contribution in [0, 0.1) is 41.2 Å². The van der Waals surface area contributed by atoms with Crippen LogP contribution in [0.5, 0.6) is 0 Å². The van der Waals surface area contributed by atoms with E-state index in [-0.39, 0.29) is 17.8 Å². The molecule has 3 unspecified atom stereocenters. The lowest BCUT2D eigenvalue weighted by Crippen LogP contribution is -2.46. The van der Waals surface area contributed by atoms with Crippen molar-refractivity contribution < 1.29 is 13.6 Å². The number of rotatable bonds is 5. The quantitative estimate of drug-likeness (QED) is 0.600. The Bertz CT molecular complexity index is 574. The van der Waals surface area contributed by atoms with Crippen LogP contribution in [-0.4, -0.2) is 13.6 Å². The van der Waals surface area contributed by atoms with Crippen LogP contribution in [0.15, 0.2) is 12.1 Å². The first-order chi connectivity index (χ1) is 10.4. The van der Waals surface area contributed by atoms with E-state index in [1.54, 1.807) is 0 Å².